The first-order valence-corrected chi connectivity index (χ1v) is 4.87. The molecule has 0 bridgehead atoms. The second kappa shape index (κ2) is 7.13. The Morgan fingerprint density at radius 2 is 1.06 bits per heavy atom. The summed E-state index contributed by atoms with van der Waals surface area (Å²) in [6.07, 6.45) is -13.5. The highest BCUT2D eigenvalue weighted by molar-refractivity contribution is 4.94. The Balaban J connectivity index is 0. The first-order valence-electron chi connectivity index (χ1n) is 4.87. The molecule has 0 saturated carbocycles. The summed E-state index contributed by atoms with van der Waals surface area (Å²) >= 11 is 0. The van der Waals surface area contributed by atoms with Crippen molar-refractivity contribution in [3.8, 4) is 0 Å². The molecule has 112 valence electrons. The van der Waals surface area contributed by atoms with E-state index < -0.39 is 30.4 Å². The van der Waals surface area contributed by atoms with Crippen molar-refractivity contribution >= 4 is 0 Å². The first kappa shape index (κ1) is 19.8. The van der Waals surface area contributed by atoms with Gasteiger partial charge in [-0.2, -0.15) is 26.3 Å². The quantitative estimate of drug-likeness (QED) is 0.784. The van der Waals surface area contributed by atoms with E-state index in [0.717, 1.165) is 13.8 Å². The Morgan fingerprint density at radius 3 is 1.11 bits per heavy atom. The zero-order chi connectivity index (χ0) is 15.2. The fourth-order valence-corrected chi connectivity index (χ4v) is 0.955. The molecule has 2 nitrogen and oxygen atoms in total. The standard InChI is InChI=1S/C7H9F7.C2H6O2/c1-4(2)3-5(8,6(9,10)11)7(12,13)14;3-1-2-4/h4H,3H2,1-2H3;3-4H,1-2H2. The number of rotatable bonds is 3. The molecule has 0 aliphatic heterocycles. The number of hydrogen-bond acceptors (Lipinski definition) is 2. The zero-order valence-corrected chi connectivity index (χ0v) is 9.74. The van der Waals surface area contributed by atoms with E-state index in [4.69, 9.17) is 10.2 Å². The van der Waals surface area contributed by atoms with Crippen molar-refractivity contribution in [2.45, 2.75) is 38.3 Å². The number of aliphatic hydroxyl groups excluding tert-OH is 2. The predicted octanol–water partition coefficient (Wildman–Crippen LogP) is 2.84. The van der Waals surface area contributed by atoms with E-state index >= 15 is 0 Å². The molecule has 0 aromatic carbocycles. The SMILES string of the molecule is CC(C)CC(F)(C(F)(F)F)C(F)(F)F.OCCO. The highest BCUT2D eigenvalue weighted by atomic mass is 19.4. The topological polar surface area (TPSA) is 40.5 Å². The third-order valence-corrected chi connectivity index (χ3v) is 1.69. The summed E-state index contributed by atoms with van der Waals surface area (Å²) in [5.41, 5.74) is -5.10. The van der Waals surface area contributed by atoms with Gasteiger partial charge >= 0.3 is 12.4 Å². The Hall–Kier alpha value is -0.570. The molecule has 0 aromatic rings. The minimum atomic E-state index is -5.92. The molecule has 0 heterocycles. The molecule has 18 heavy (non-hydrogen) atoms. The number of halogens is 7. The minimum Gasteiger partial charge on any atom is -0.394 e. The Bertz CT molecular complexity index is 206. The molecule has 0 saturated heterocycles. The van der Waals surface area contributed by atoms with Gasteiger partial charge in [0.05, 0.1) is 13.2 Å². The van der Waals surface area contributed by atoms with Crippen LogP contribution in [0.5, 0.6) is 0 Å². The van der Waals surface area contributed by atoms with Gasteiger partial charge in [-0.05, 0) is 5.92 Å². The first-order chi connectivity index (χ1) is 7.83. The molecule has 0 aromatic heterocycles. The molecule has 0 amide bonds. The van der Waals surface area contributed by atoms with Gasteiger partial charge in [0.25, 0.3) is 5.67 Å². The lowest BCUT2D eigenvalue weighted by Crippen LogP contribution is -2.53. The van der Waals surface area contributed by atoms with Crippen LogP contribution in [0.15, 0.2) is 0 Å². The molecule has 9 heteroatoms. The number of alkyl halides is 7. The summed E-state index contributed by atoms with van der Waals surface area (Å²) in [5.74, 6) is -1.04. The van der Waals surface area contributed by atoms with Crippen LogP contribution in [0.2, 0.25) is 0 Å². The van der Waals surface area contributed by atoms with Gasteiger partial charge in [-0.1, -0.05) is 13.8 Å². The molecule has 0 aliphatic carbocycles. The molecule has 0 rings (SSSR count). The van der Waals surface area contributed by atoms with Crippen LogP contribution in [-0.2, 0) is 0 Å². The van der Waals surface area contributed by atoms with Crippen LogP contribution in [0.1, 0.15) is 20.3 Å². The van der Waals surface area contributed by atoms with Crippen molar-refractivity contribution in [2.75, 3.05) is 13.2 Å². The van der Waals surface area contributed by atoms with Gasteiger partial charge in [0.2, 0.25) is 0 Å². The van der Waals surface area contributed by atoms with Crippen molar-refractivity contribution in [1.29, 1.82) is 0 Å². The lowest BCUT2D eigenvalue weighted by atomic mass is 9.93. The summed E-state index contributed by atoms with van der Waals surface area (Å²) < 4.78 is 84.0. The summed E-state index contributed by atoms with van der Waals surface area (Å²) in [7, 11) is 0. The fourth-order valence-electron chi connectivity index (χ4n) is 0.955. The molecule has 0 aliphatic rings. The van der Waals surface area contributed by atoms with Crippen LogP contribution in [0.4, 0.5) is 30.7 Å². The van der Waals surface area contributed by atoms with Crippen LogP contribution in [0.3, 0.4) is 0 Å². The van der Waals surface area contributed by atoms with Crippen LogP contribution < -0.4 is 0 Å². The molecule has 0 fully saturated rings. The maximum atomic E-state index is 12.8. The predicted molar refractivity (Wildman–Crippen MR) is 49.6 cm³/mol. The molecular formula is C9H15F7O2. The van der Waals surface area contributed by atoms with E-state index in [1.54, 1.807) is 0 Å². The molecule has 0 atom stereocenters. The van der Waals surface area contributed by atoms with Crippen molar-refractivity contribution in [3.63, 3.8) is 0 Å². The second-order valence-electron chi connectivity index (χ2n) is 3.84. The van der Waals surface area contributed by atoms with E-state index in [9.17, 15) is 30.7 Å². The molecular weight excluding hydrogens is 273 g/mol. The lowest BCUT2D eigenvalue weighted by Gasteiger charge is -2.31. The fraction of sp³-hybridized carbons (Fsp3) is 1.00. The van der Waals surface area contributed by atoms with Crippen molar-refractivity contribution in [3.05, 3.63) is 0 Å². The van der Waals surface area contributed by atoms with E-state index in [2.05, 4.69) is 0 Å². The second-order valence-corrected chi connectivity index (χ2v) is 3.84. The maximum Gasteiger partial charge on any atom is 0.431 e. The zero-order valence-electron chi connectivity index (χ0n) is 9.74. The molecule has 0 radical (unpaired) electrons. The van der Waals surface area contributed by atoms with Crippen LogP contribution in [-0.4, -0.2) is 41.4 Å². The number of aliphatic hydroxyl groups is 2. The van der Waals surface area contributed by atoms with Crippen LogP contribution in [0.25, 0.3) is 0 Å². The van der Waals surface area contributed by atoms with E-state index in [0.29, 0.717) is 0 Å². The van der Waals surface area contributed by atoms with E-state index in [-0.39, 0.29) is 13.2 Å². The molecule has 0 unspecified atom stereocenters. The maximum absolute atomic E-state index is 12.8. The highest BCUT2D eigenvalue weighted by Crippen LogP contribution is 2.49. The lowest BCUT2D eigenvalue weighted by molar-refractivity contribution is -0.345. The smallest absolute Gasteiger partial charge is 0.394 e. The third-order valence-electron chi connectivity index (χ3n) is 1.69. The van der Waals surface area contributed by atoms with E-state index in [1.165, 1.54) is 0 Å². The van der Waals surface area contributed by atoms with Gasteiger partial charge in [-0.3, -0.25) is 0 Å². The summed E-state index contributed by atoms with van der Waals surface area (Å²) in [6.45, 7) is 1.93. The average molecular weight is 288 g/mol. The van der Waals surface area contributed by atoms with Crippen molar-refractivity contribution in [2.24, 2.45) is 5.92 Å². The van der Waals surface area contributed by atoms with Crippen LogP contribution >= 0.6 is 0 Å². The Kier molecular flexibility index (Phi) is 7.82. The monoisotopic (exact) mass is 288 g/mol. The minimum absolute atomic E-state index is 0.125. The normalized spacial score (nSPS) is 13.3. The highest BCUT2D eigenvalue weighted by Gasteiger charge is 2.72. The summed E-state index contributed by atoms with van der Waals surface area (Å²) in [5, 5.41) is 15.2. The van der Waals surface area contributed by atoms with Crippen LogP contribution in [0, 0.1) is 5.92 Å². The molecule has 0 spiro atoms. The van der Waals surface area contributed by atoms with Crippen molar-refractivity contribution < 1.29 is 40.9 Å². The average Bonchev–Trinajstić information content (AvgIpc) is 2.13. The summed E-state index contributed by atoms with van der Waals surface area (Å²) in [6, 6.07) is 0. The summed E-state index contributed by atoms with van der Waals surface area (Å²) in [4.78, 5) is 0. The Labute approximate surface area is 99.4 Å². The number of hydrogen-bond donors (Lipinski definition) is 2. The van der Waals surface area contributed by atoms with Crippen molar-refractivity contribution in [1.82, 2.24) is 0 Å². The van der Waals surface area contributed by atoms with E-state index in [1.807, 2.05) is 0 Å². The van der Waals surface area contributed by atoms with Gasteiger partial charge < -0.3 is 10.2 Å². The largest absolute Gasteiger partial charge is 0.431 e. The third kappa shape index (κ3) is 5.85. The van der Waals surface area contributed by atoms with Gasteiger partial charge in [-0.25, -0.2) is 4.39 Å². The molecule has 2 N–H and O–H groups in total. The van der Waals surface area contributed by atoms with Gasteiger partial charge in [0, 0.05) is 6.42 Å². The van der Waals surface area contributed by atoms with Gasteiger partial charge in [0.15, 0.2) is 0 Å². The Morgan fingerprint density at radius 1 is 0.778 bits per heavy atom. The van der Waals surface area contributed by atoms with Gasteiger partial charge in [0.1, 0.15) is 0 Å². The van der Waals surface area contributed by atoms with Gasteiger partial charge in [-0.15, -0.1) is 0 Å².